The smallest absolute Gasteiger partial charge is 0.175 e. The molecule has 1 aromatic rings. The summed E-state index contributed by atoms with van der Waals surface area (Å²) >= 11 is 0. The molecule has 1 fully saturated rings. The van der Waals surface area contributed by atoms with Crippen molar-refractivity contribution in [3.63, 3.8) is 0 Å². The highest BCUT2D eigenvalue weighted by atomic mass is 15.3. The molecule has 4 nitrogen and oxygen atoms in total. The fourth-order valence-electron chi connectivity index (χ4n) is 4.02. The van der Waals surface area contributed by atoms with Crippen molar-refractivity contribution in [2.75, 3.05) is 0 Å². The molecule has 0 saturated heterocycles. The Balaban J connectivity index is 1.77. The van der Waals surface area contributed by atoms with E-state index in [1.807, 2.05) is 6.21 Å². The Morgan fingerprint density at radius 1 is 1.32 bits per heavy atom. The van der Waals surface area contributed by atoms with Crippen LogP contribution in [0.3, 0.4) is 0 Å². The van der Waals surface area contributed by atoms with Gasteiger partial charge in [-0.25, -0.2) is 0 Å². The maximum atomic E-state index is 4.60. The summed E-state index contributed by atoms with van der Waals surface area (Å²) in [6.45, 7) is 2.30. The third kappa shape index (κ3) is 1.62. The Morgan fingerprint density at radius 3 is 3.16 bits per heavy atom. The lowest BCUT2D eigenvalue weighted by Gasteiger charge is -2.26. The van der Waals surface area contributed by atoms with E-state index in [2.05, 4.69) is 38.8 Å². The summed E-state index contributed by atoms with van der Waals surface area (Å²) in [7, 11) is 0. The van der Waals surface area contributed by atoms with Crippen LogP contribution in [0.1, 0.15) is 62.6 Å². The van der Waals surface area contributed by atoms with Crippen LogP contribution in [-0.2, 0) is 0 Å². The monoisotopic (exact) mass is 256 g/mol. The summed E-state index contributed by atoms with van der Waals surface area (Å²) in [5.41, 5.74) is 0. The molecule has 4 rings (SSSR count). The first-order valence-electron chi connectivity index (χ1n) is 7.53. The van der Waals surface area contributed by atoms with Crippen molar-refractivity contribution in [3.8, 4) is 0 Å². The number of fused-ring (bicyclic) bond motifs is 3. The summed E-state index contributed by atoms with van der Waals surface area (Å²) < 4.78 is 2.36. The second-order valence-corrected chi connectivity index (χ2v) is 5.99. The zero-order chi connectivity index (χ0) is 12.8. The number of rotatable bonds is 2. The van der Waals surface area contributed by atoms with E-state index in [1.54, 1.807) is 0 Å². The van der Waals surface area contributed by atoms with E-state index in [0.717, 1.165) is 18.2 Å². The predicted octanol–water partition coefficient (Wildman–Crippen LogP) is 2.87. The highest BCUT2D eigenvalue weighted by Crippen LogP contribution is 2.43. The van der Waals surface area contributed by atoms with E-state index in [1.165, 1.54) is 31.5 Å². The highest BCUT2D eigenvalue weighted by molar-refractivity contribution is 5.76. The van der Waals surface area contributed by atoms with Gasteiger partial charge in [0, 0.05) is 5.92 Å². The van der Waals surface area contributed by atoms with Crippen molar-refractivity contribution < 1.29 is 0 Å². The molecule has 0 spiro atoms. The summed E-state index contributed by atoms with van der Waals surface area (Å²) in [6, 6.07) is 0.742. The number of hydrogen-bond donors (Lipinski definition) is 0. The van der Waals surface area contributed by atoms with Gasteiger partial charge in [-0.3, -0.25) is 4.99 Å². The average Bonchev–Trinajstić information content (AvgIpc) is 3.15. The summed E-state index contributed by atoms with van der Waals surface area (Å²) in [6.07, 6.45) is 12.7. The van der Waals surface area contributed by atoms with E-state index in [0.29, 0.717) is 18.0 Å². The number of nitrogens with zero attached hydrogens (tertiary/aromatic N) is 4. The Hall–Kier alpha value is -1.45. The molecule has 1 aromatic heterocycles. The van der Waals surface area contributed by atoms with Crippen molar-refractivity contribution in [1.82, 2.24) is 14.8 Å². The van der Waals surface area contributed by atoms with Crippen molar-refractivity contribution in [2.45, 2.75) is 57.0 Å². The summed E-state index contributed by atoms with van der Waals surface area (Å²) in [5.74, 6) is 3.56. The van der Waals surface area contributed by atoms with Crippen LogP contribution in [0.4, 0.5) is 0 Å². The minimum absolute atomic E-state index is 0.364. The highest BCUT2D eigenvalue weighted by Gasteiger charge is 2.37. The van der Waals surface area contributed by atoms with Gasteiger partial charge in [-0.15, -0.1) is 10.2 Å². The standard InChI is InChI=1S/C15H20N4/c1-2-10-5-3-6-11(10)15-18-17-14-9-16-12-7-4-8-13(12)19(14)15/h4,8-13H,2-3,5-7H2,1H3/t10-,11+,12?,13?/m1/s1. The van der Waals surface area contributed by atoms with Gasteiger partial charge in [0.2, 0.25) is 0 Å². The molecule has 2 aliphatic carbocycles. The Kier molecular flexibility index (Phi) is 2.57. The molecule has 0 radical (unpaired) electrons. The van der Waals surface area contributed by atoms with Crippen LogP contribution < -0.4 is 0 Å². The Bertz CT molecular complexity index is 542. The molecule has 3 aliphatic rings. The van der Waals surface area contributed by atoms with Crippen LogP contribution in [0, 0.1) is 5.92 Å². The minimum Gasteiger partial charge on any atom is -0.301 e. The Labute approximate surface area is 113 Å². The molecule has 0 amide bonds. The maximum absolute atomic E-state index is 4.60. The summed E-state index contributed by atoms with van der Waals surface area (Å²) in [5, 5.41) is 8.89. The Morgan fingerprint density at radius 2 is 2.26 bits per heavy atom. The molecule has 2 heterocycles. The molecule has 19 heavy (non-hydrogen) atoms. The second-order valence-electron chi connectivity index (χ2n) is 5.99. The molecule has 0 bridgehead atoms. The summed E-state index contributed by atoms with van der Waals surface area (Å²) in [4.78, 5) is 4.60. The van der Waals surface area contributed by atoms with Crippen molar-refractivity contribution in [2.24, 2.45) is 10.9 Å². The van der Waals surface area contributed by atoms with Crippen LogP contribution in [0.25, 0.3) is 0 Å². The SMILES string of the molecule is CC[C@@H]1CCC[C@@H]1c1nnc2n1C1C=CCC1N=C2. The number of hydrogen-bond acceptors (Lipinski definition) is 3. The van der Waals surface area contributed by atoms with E-state index < -0.39 is 0 Å². The van der Waals surface area contributed by atoms with Gasteiger partial charge in [0.25, 0.3) is 0 Å². The molecule has 1 aliphatic heterocycles. The van der Waals surface area contributed by atoms with Gasteiger partial charge in [0.1, 0.15) is 5.82 Å². The van der Waals surface area contributed by atoms with Gasteiger partial charge in [-0.05, 0) is 25.2 Å². The van der Waals surface area contributed by atoms with Crippen LogP contribution in [0.15, 0.2) is 17.1 Å². The molecule has 2 unspecified atom stereocenters. The molecule has 4 heteroatoms. The van der Waals surface area contributed by atoms with Gasteiger partial charge in [0.15, 0.2) is 5.82 Å². The quantitative estimate of drug-likeness (QED) is 0.764. The van der Waals surface area contributed by atoms with Crippen LogP contribution >= 0.6 is 0 Å². The van der Waals surface area contributed by atoms with Crippen LogP contribution in [0.2, 0.25) is 0 Å². The first-order chi connectivity index (χ1) is 9.38. The first kappa shape index (κ1) is 11.4. The van der Waals surface area contributed by atoms with Crippen LogP contribution in [0.5, 0.6) is 0 Å². The maximum Gasteiger partial charge on any atom is 0.175 e. The van der Waals surface area contributed by atoms with E-state index in [4.69, 9.17) is 0 Å². The largest absolute Gasteiger partial charge is 0.301 e. The minimum atomic E-state index is 0.364. The van der Waals surface area contributed by atoms with E-state index in [-0.39, 0.29) is 0 Å². The van der Waals surface area contributed by atoms with E-state index >= 15 is 0 Å². The lowest BCUT2D eigenvalue weighted by molar-refractivity contribution is 0.410. The van der Waals surface area contributed by atoms with Crippen molar-refractivity contribution in [3.05, 3.63) is 23.8 Å². The van der Waals surface area contributed by atoms with Crippen LogP contribution in [-0.4, -0.2) is 27.0 Å². The molecule has 1 saturated carbocycles. The zero-order valence-electron chi connectivity index (χ0n) is 11.4. The predicted molar refractivity (Wildman–Crippen MR) is 74.6 cm³/mol. The fraction of sp³-hybridized carbons (Fsp3) is 0.667. The van der Waals surface area contributed by atoms with Gasteiger partial charge in [-0.1, -0.05) is 31.9 Å². The lowest BCUT2D eigenvalue weighted by atomic mass is 9.92. The molecule has 0 aromatic carbocycles. The number of aliphatic imine (C=N–C) groups is 1. The molecular weight excluding hydrogens is 236 g/mol. The third-order valence-electron chi connectivity index (χ3n) is 5.05. The zero-order valence-corrected chi connectivity index (χ0v) is 11.4. The first-order valence-corrected chi connectivity index (χ1v) is 7.53. The van der Waals surface area contributed by atoms with Gasteiger partial charge in [0.05, 0.1) is 18.3 Å². The van der Waals surface area contributed by atoms with E-state index in [9.17, 15) is 0 Å². The molecule has 4 atom stereocenters. The second kappa shape index (κ2) is 4.29. The molecular formula is C15H20N4. The normalized spacial score (nSPS) is 35.6. The lowest BCUT2D eigenvalue weighted by Crippen LogP contribution is -2.27. The van der Waals surface area contributed by atoms with Crippen molar-refractivity contribution in [1.29, 1.82) is 0 Å². The topological polar surface area (TPSA) is 43.1 Å². The van der Waals surface area contributed by atoms with Crippen molar-refractivity contribution >= 4 is 6.21 Å². The third-order valence-corrected chi connectivity index (χ3v) is 5.05. The fourth-order valence-corrected chi connectivity index (χ4v) is 4.02. The van der Waals surface area contributed by atoms with Gasteiger partial charge >= 0.3 is 0 Å². The van der Waals surface area contributed by atoms with Gasteiger partial charge < -0.3 is 4.57 Å². The average molecular weight is 256 g/mol. The van der Waals surface area contributed by atoms with Gasteiger partial charge in [-0.2, -0.15) is 0 Å². The molecule has 100 valence electrons. The molecule has 0 N–H and O–H groups in total. The number of aromatic nitrogens is 3.